The van der Waals surface area contributed by atoms with Crippen molar-refractivity contribution in [2.24, 2.45) is 5.92 Å². The number of nitriles is 1. The van der Waals surface area contributed by atoms with Crippen LogP contribution < -0.4 is 24.6 Å². The van der Waals surface area contributed by atoms with E-state index in [4.69, 9.17) is 40.6 Å². The molecule has 18 nitrogen and oxygen atoms in total. The van der Waals surface area contributed by atoms with E-state index in [2.05, 4.69) is 10.3 Å². The molecule has 0 radical (unpaired) electrons. The Morgan fingerprint density at radius 3 is 2.16 bits per heavy atom. The van der Waals surface area contributed by atoms with Gasteiger partial charge in [0.1, 0.15) is 42.3 Å². The molecule has 1 unspecified atom stereocenters. The Hall–Kier alpha value is -7.04. The highest BCUT2D eigenvalue weighted by atomic mass is 32.1. The summed E-state index contributed by atoms with van der Waals surface area (Å²) in [7, 11) is 0. The van der Waals surface area contributed by atoms with Crippen LogP contribution in [0.5, 0.6) is 11.5 Å². The normalized spacial score (nSPS) is 17.2. The van der Waals surface area contributed by atoms with Gasteiger partial charge in [0.15, 0.2) is 5.11 Å². The molecule has 2 saturated heterocycles. The minimum Gasteiger partial charge on any atom is -0.491 e. The van der Waals surface area contributed by atoms with Crippen molar-refractivity contribution in [1.82, 2.24) is 20.1 Å². The molecule has 5 aromatic rings. The molecule has 4 aromatic carbocycles. The fourth-order valence-corrected chi connectivity index (χ4v) is 11.4. The molecule has 4 heterocycles. The van der Waals surface area contributed by atoms with Crippen molar-refractivity contribution in [3.05, 3.63) is 124 Å². The minimum absolute atomic E-state index is 0.00827. The summed E-state index contributed by atoms with van der Waals surface area (Å²) in [5.74, 6) is -0.712. The lowest BCUT2D eigenvalue weighted by atomic mass is 10.0. The fourth-order valence-electron chi connectivity index (χ4n) is 10.1. The van der Waals surface area contributed by atoms with Crippen LogP contribution in [0.25, 0.3) is 10.4 Å². The number of ether oxygens (including phenoxy) is 6. The number of hydrogen-bond acceptors (Lipinski definition) is 15. The molecule has 0 aliphatic carbocycles. The summed E-state index contributed by atoms with van der Waals surface area (Å²) in [6, 6.07) is 22.7. The van der Waals surface area contributed by atoms with E-state index in [1.54, 1.807) is 71.6 Å². The number of hydrogen-bond donors (Lipinski definition) is 2. The van der Waals surface area contributed by atoms with Gasteiger partial charge >= 0.3 is 6.18 Å². The van der Waals surface area contributed by atoms with Crippen LogP contribution in [0.2, 0.25) is 0 Å². The topological polar surface area (TPSA) is 206 Å². The first-order chi connectivity index (χ1) is 39.3. The van der Waals surface area contributed by atoms with Crippen molar-refractivity contribution >= 4 is 63.7 Å². The molecule has 0 saturated carbocycles. The van der Waals surface area contributed by atoms with Crippen LogP contribution in [0, 0.1) is 24.2 Å². The fraction of sp³-hybridized carbons (Fsp3) is 0.441. The van der Waals surface area contributed by atoms with Gasteiger partial charge in [-0.2, -0.15) is 18.4 Å². The summed E-state index contributed by atoms with van der Waals surface area (Å²) >= 11 is 7.13. The van der Waals surface area contributed by atoms with Gasteiger partial charge in [0.05, 0.1) is 84.7 Å². The Bertz CT molecular complexity index is 3130. The summed E-state index contributed by atoms with van der Waals surface area (Å²) in [5.41, 5.74) is 3.18. The summed E-state index contributed by atoms with van der Waals surface area (Å²) in [4.78, 5) is 66.1. The molecule has 82 heavy (non-hydrogen) atoms. The van der Waals surface area contributed by atoms with Crippen LogP contribution in [0.1, 0.15) is 78.8 Å². The van der Waals surface area contributed by atoms with Crippen molar-refractivity contribution in [2.75, 3.05) is 82.4 Å². The number of fused-ring (bicyclic) bond motifs is 1. The Morgan fingerprint density at radius 2 is 1.52 bits per heavy atom. The van der Waals surface area contributed by atoms with Crippen molar-refractivity contribution in [3.63, 3.8) is 0 Å². The lowest BCUT2D eigenvalue weighted by Crippen LogP contribution is -2.55. The number of aromatic nitrogens is 1. The second-order valence-corrected chi connectivity index (χ2v) is 21.9. The van der Waals surface area contributed by atoms with Gasteiger partial charge in [-0.15, -0.1) is 11.3 Å². The maximum Gasteiger partial charge on any atom is 0.417 e. The predicted octanol–water partition coefficient (Wildman–Crippen LogP) is 8.10. The van der Waals surface area contributed by atoms with Crippen LogP contribution in [0.15, 0.2) is 90.4 Å². The highest BCUT2D eigenvalue weighted by molar-refractivity contribution is 7.81. The summed E-state index contributed by atoms with van der Waals surface area (Å²) < 4.78 is 76.1. The molecule has 2 N–H and O–H groups in total. The second kappa shape index (κ2) is 27.4. The van der Waals surface area contributed by atoms with Crippen LogP contribution in [-0.2, 0) is 52.6 Å². The average Bonchev–Trinajstić information content (AvgIpc) is 2.73. The van der Waals surface area contributed by atoms with Crippen molar-refractivity contribution < 1.29 is 65.9 Å². The first-order valence-corrected chi connectivity index (χ1v) is 28.2. The van der Waals surface area contributed by atoms with E-state index in [0.29, 0.717) is 87.5 Å². The average molecular weight is 1170 g/mol. The molecule has 3 aliphatic heterocycles. The maximum atomic E-state index is 14.2. The molecule has 8 rings (SSSR count). The van der Waals surface area contributed by atoms with Gasteiger partial charge in [0.25, 0.3) is 11.8 Å². The number of thiocarbonyl (C=S) groups is 1. The van der Waals surface area contributed by atoms with E-state index in [-0.39, 0.29) is 67.9 Å². The number of thiazole rings is 1. The number of aliphatic hydroxyl groups excluding tert-OH is 1. The summed E-state index contributed by atoms with van der Waals surface area (Å²) in [5, 5.41) is 22.9. The standard InChI is InChI=1S/C59H66F3N7O11S2/c1-37(2)51(67-34-42-9-6-7-10-47(42)54(67)72)55(73)66-35-45(70)31-49(66)53(71)64-33-41-12-11-39(52-38(3)65-36-82-52)29-50(41)80-28-26-78-24-22-76-20-8-19-75-21-23-77-25-27-79-46-17-15-43(16-18-46)69-57(81)68(56(74)58(69,4)5)44-14-13-40(32-63)48(30-44)59(60,61)62/h6-7,9-18,29-30,36-37,45,49,51,70H,8,19-28,31,33-35H2,1-5H3,(H,64,71)/t45-,49+,51?/m1/s1. The van der Waals surface area contributed by atoms with E-state index in [9.17, 15) is 42.7 Å². The highest BCUT2D eigenvalue weighted by Crippen LogP contribution is 2.41. The molecule has 4 amide bonds. The van der Waals surface area contributed by atoms with E-state index in [0.717, 1.165) is 38.7 Å². The van der Waals surface area contributed by atoms with Gasteiger partial charge < -0.3 is 53.5 Å². The molecular weight excluding hydrogens is 1100 g/mol. The Labute approximate surface area is 483 Å². The quantitative estimate of drug-likeness (QED) is 0.0377. The van der Waals surface area contributed by atoms with Gasteiger partial charge in [-0.05, 0) is 111 Å². The number of aliphatic hydroxyl groups is 1. The van der Waals surface area contributed by atoms with Gasteiger partial charge in [0, 0.05) is 56.1 Å². The number of alkyl halides is 3. The number of halogens is 3. The smallest absolute Gasteiger partial charge is 0.417 e. The number of carbonyl (C=O) groups excluding carboxylic acids is 4. The highest BCUT2D eigenvalue weighted by Gasteiger charge is 2.51. The van der Waals surface area contributed by atoms with E-state index < -0.39 is 52.8 Å². The van der Waals surface area contributed by atoms with Gasteiger partial charge in [-0.25, -0.2) is 4.98 Å². The molecular formula is C59H66F3N7O11S2. The van der Waals surface area contributed by atoms with Gasteiger partial charge in [0.2, 0.25) is 11.8 Å². The molecule has 436 valence electrons. The first kappa shape index (κ1) is 61.0. The van der Waals surface area contributed by atoms with Crippen molar-refractivity contribution in [2.45, 2.75) is 90.5 Å². The Kier molecular flexibility index (Phi) is 20.4. The lowest BCUT2D eigenvalue weighted by molar-refractivity contribution is -0.143. The molecule has 3 atom stereocenters. The number of aryl methyl sites for hydroxylation is 1. The van der Waals surface area contributed by atoms with Crippen molar-refractivity contribution in [1.29, 1.82) is 5.26 Å². The third-order valence-corrected chi connectivity index (χ3v) is 15.6. The number of carbonyl (C=O) groups is 4. The number of likely N-dealkylation sites (tertiary alicyclic amines) is 1. The monoisotopic (exact) mass is 1170 g/mol. The lowest BCUT2D eigenvalue weighted by Gasteiger charge is -2.35. The molecule has 1 aromatic heterocycles. The van der Waals surface area contributed by atoms with Crippen LogP contribution in [0.4, 0.5) is 24.5 Å². The number of nitrogens with one attached hydrogen (secondary N) is 1. The number of rotatable bonds is 27. The zero-order valence-electron chi connectivity index (χ0n) is 46.2. The third-order valence-electron chi connectivity index (χ3n) is 14.2. The molecule has 2 fully saturated rings. The van der Waals surface area contributed by atoms with Crippen molar-refractivity contribution in [3.8, 4) is 28.0 Å². The second-order valence-electron chi connectivity index (χ2n) is 20.6. The molecule has 3 aliphatic rings. The number of benzene rings is 4. The zero-order chi connectivity index (χ0) is 58.7. The zero-order valence-corrected chi connectivity index (χ0v) is 47.9. The summed E-state index contributed by atoms with van der Waals surface area (Å²) in [6.45, 7) is 12.7. The predicted molar refractivity (Wildman–Crippen MR) is 303 cm³/mol. The number of amides is 4. The number of anilines is 2. The Morgan fingerprint density at radius 1 is 0.878 bits per heavy atom. The molecule has 23 heteroatoms. The number of β-amino-alcohol motifs (C(OH)–C–C–N with tert-alkyl or cyclic N) is 1. The van der Waals surface area contributed by atoms with E-state index >= 15 is 0 Å². The number of nitrogens with zero attached hydrogens (tertiary/aromatic N) is 6. The maximum absolute atomic E-state index is 14.2. The SMILES string of the molecule is Cc1ncsc1-c1ccc(CNC(=O)[C@@H]2C[C@@H](O)CN2C(=O)C(C(C)C)N2Cc3ccccc3C2=O)c(OCCOCCOCCCOCCOCCOc2ccc(N3C(=S)N(c4ccc(C#N)c(C(F)(F)F)c4)C(=O)C3(C)C)cc2)c1. The Balaban J connectivity index is 0.698. The van der Waals surface area contributed by atoms with Gasteiger partial charge in [-0.1, -0.05) is 44.2 Å². The molecule has 0 bridgehead atoms. The first-order valence-electron chi connectivity index (χ1n) is 26.9. The molecule has 0 spiro atoms. The van der Waals surface area contributed by atoms with E-state index in [1.165, 1.54) is 22.3 Å². The summed E-state index contributed by atoms with van der Waals surface area (Å²) in [6.07, 6.45) is -4.97. The minimum atomic E-state index is -4.80. The van der Waals surface area contributed by atoms with E-state index in [1.807, 2.05) is 51.1 Å². The van der Waals surface area contributed by atoms with Gasteiger partial charge in [-0.3, -0.25) is 24.1 Å². The van der Waals surface area contributed by atoms with Crippen LogP contribution in [0.3, 0.4) is 0 Å². The third kappa shape index (κ3) is 14.2. The largest absolute Gasteiger partial charge is 0.491 e. The van der Waals surface area contributed by atoms with Crippen LogP contribution in [-0.4, -0.2) is 145 Å². The van der Waals surface area contributed by atoms with Crippen LogP contribution >= 0.6 is 23.6 Å².